The number of allylic oxidation sites excluding steroid dienone is 1. The van der Waals surface area contributed by atoms with E-state index in [2.05, 4.69) is 39.2 Å². The third-order valence-electron chi connectivity index (χ3n) is 4.08. The Hall–Kier alpha value is -0.340. The first-order valence-electron chi connectivity index (χ1n) is 7.05. The molecule has 0 heterocycles. The Kier molecular flexibility index (Phi) is 7.73. The van der Waals surface area contributed by atoms with Crippen LogP contribution in [0.2, 0.25) is 0 Å². The molecule has 0 amide bonds. The van der Waals surface area contributed by atoms with Crippen molar-refractivity contribution in [2.75, 3.05) is 13.1 Å². The maximum atomic E-state index is 10.6. The molecule has 102 valence electrons. The molecule has 0 fully saturated rings. The molecule has 2 nitrogen and oxygen atoms in total. The summed E-state index contributed by atoms with van der Waals surface area (Å²) in [5.74, 6) is 0. The van der Waals surface area contributed by atoms with Crippen LogP contribution in [0.25, 0.3) is 0 Å². The van der Waals surface area contributed by atoms with E-state index >= 15 is 0 Å². The van der Waals surface area contributed by atoms with Crippen LogP contribution in [0.15, 0.2) is 12.2 Å². The fraction of sp³-hybridized carbons (Fsp3) is 0.867. The summed E-state index contributed by atoms with van der Waals surface area (Å²) in [5.41, 5.74) is 1.10. The Labute approximate surface area is 108 Å². The Morgan fingerprint density at radius 3 is 1.94 bits per heavy atom. The highest BCUT2D eigenvalue weighted by Crippen LogP contribution is 2.30. The highest BCUT2D eigenvalue weighted by Gasteiger charge is 2.38. The topological polar surface area (TPSA) is 23.5 Å². The van der Waals surface area contributed by atoms with E-state index in [1.54, 1.807) is 0 Å². The van der Waals surface area contributed by atoms with Crippen molar-refractivity contribution in [1.82, 2.24) is 4.90 Å². The summed E-state index contributed by atoms with van der Waals surface area (Å²) in [6.45, 7) is 16.7. The lowest BCUT2D eigenvalue weighted by molar-refractivity contribution is -0.0381. The van der Waals surface area contributed by atoms with Crippen molar-refractivity contribution in [2.45, 2.75) is 71.9 Å². The number of aliphatic hydroxyl groups is 1. The van der Waals surface area contributed by atoms with Crippen LogP contribution in [0.4, 0.5) is 0 Å². The summed E-state index contributed by atoms with van der Waals surface area (Å²) < 4.78 is 0. The minimum absolute atomic E-state index is 0.0566. The van der Waals surface area contributed by atoms with Crippen LogP contribution in [-0.4, -0.2) is 34.7 Å². The highest BCUT2D eigenvalue weighted by atomic mass is 16.3. The fourth-order valence-corrected chi connectivity index (χ4v) is 2.88. The van der Waals surface area contributed by atoms with Crippen LogP contribution in [0, 0.1) is 0 Å². The minimum atomic E-state index is -0.255. The molecule has 1 unspecified atom stereocenters. The zero-order chi connectivity index (χ0) is 13.5. The zero-order valence-corrected chi connectivity index (χ0v) is 12.4. The standard InChI is InChI=1S/C15H31NO/c1-7-15(8-2,16(9-3)10-4)14(17)12-11-13(5)6/h14,17H,5,7-12H2,1-4,6H3. The van der Waals surface area contributed by atoms with Crippen LogP contribution in [0.1, 0.15) is 60.3 Å². The average Bonchev–Trinajstić information content (AvgIpc) is 2.33. The van der Waals surface area contributed by atoms with Gasteiger partial charge in [-0.15, -0.1) is 6.58 Å². The largest absolute Gasteiger partial charge is 0.391 e. The summed E-state index contributed by atoms with van der Waals surface area (Å²) in [6.07, 6.45) is 3.50. The number of hydrogen-bond acceptors (Lipinski definition) is 2. The molecular formula is C15H31NO. The molecular weight excluding hydrogens is 210 g/mol. The molecule has 0 aliphatic heterocycles. The molecule has 0 aliphatic carbocycles. The second-order valence-electron chi connectivity index (χ2n) is 4.99. The van der Waals surface area contributed by atoms with Gasteiger partial charge in [-0.05, 0) is 45.7 Å². The van der Waals surface area contributed by atoms with Crippen molar-refractivity contribution in [3.05, 3.63) is 12.2 Å². The lowest BCUT2D eigenvalue weighted by Gasteiger charge is -2.46. The normalized spacial score (nSPS) is 14.1. The first-order chi connectivity index (χ1) is 7.98. The van der Waals surface area contributed by atoms with Crippen LogP contribution >= 0.6 is 0 Å². The molecule has 0 bridgehead atoms. The van der Waals surface area contributed by atoms with E-state index in [0.717, 1.165) is 44.3 Å². The molecule has 0 aromatic heterocycles. The van der Waals surface area contributed by atoms with Crippen molar-refractivity contribution in [3.8, 4) is 0 Å². The lowest BCUT2D eigenvalue weighted by atomic mass is 9.82. The zero-order valence-electron chi connectivity index (χ0n) is 12.4. The summed E-state index contributed by atoms with van der Waals surface area (Å²) >= 11 is 0. The van der Waals surface area contributed by atoms with Gasteiger partial charge in [-0.3, -0.25) is 4.90 Å². The predicted octanol–water partition coefficient (Wildman–Crippen LogP) is 3.60. The van der Waals surface area contributed by atoms with Gasteiger partial charge in [-0.25, -0.2) is 0 Å². The summed E-state index contributed by atoms with van der Waals surface area (Å²) in [7, 11) is 0. The maximum absolute atomic E-state index is 10.6. The van der Waals surface area contributed by atoms with Gasteiger partial charge in [-0.2, -0.15) is 0 Å². The van der Waals surface area contributed by atoms with Gasteiger partial charge in [0.25, 0.3) is 0 Å². The van der Waals surface area contributed by atoms with E-state index in [4.69, 9.17) is 0 Å². The van der Waals surface area contributed by atoms with Crippen molar-refractivity contribution in [3.63, 3.8) is 0 Å². The lowest BCUT2D eigenvalue weighted by Crippen LogP contribution is -2.56. The van der Waals surface area contributed by atoms with Crippen LogP contribution in [-0.2, 0) is 0 Å². The predicted molar refractivity (Wildman–Crippen MR) is 76.3 cm³/mol. The Balaban J connectivity index is 4.83. The van der Waals surface area contributed by atoms with Crippen molar-refractivity contribution in [2.24, 2.45) is 0 Å². The molecule has 0 aromatic carbocycles. The van der Waals surface area contributed by atoms with Crippen LogP contribution < -0.4 is 0 Å². The van der Waals surface area contributed by atoms with Gasteiger partial charge in [0.1, 0.15) is 0 Å². The van der Waals surface area contributed by atoms with Gasteiger partial charge in [0.05, 0.1) is 6.10 Å². The second-order valence-corrected chi connectivity index (χ2v) is 4.99. The third kappa shape index (κ3) is 4.11. The minimum Gasteiger partial charge on any atom is -0.391 e. The van der Waals surface area contributed by atoms with Crippen molar-refractivity contribution < 1.29 is 5.11 Å². The maximum Gasteiger partial charge on any atom is 0.0726 e. The van der Waals surface area contributed by atoms with Gasteiger partial charge in [0, 0.05) is 5.54 Å². The number of aliphatic hydroxyl groups excluding tert-OH is 1. The highest BCUT2D eigenvalue weighted by molar-refractivity contribution is 4.97. The van der Waals surface area contributed by atoms with E-state index in [1.807, 2.05) is 6.92 Å². The van der Waals surface area contributed by atoms with Crippen molar-refractivity contribution in [1.29, 1.82) is 0 Å². The molecule has 0 radical (unpaired) electrons. The molecule has 0 rings (SSSR count). The molecule has 1 atom stereocenters. The van der Waals surface area contributed by atoms with Gasteiger partial charge >= 0.3 is 0 Å². The number of likely N-dealkylation sites (N-methyl/N-ethyl adjacent to an activating group) is 1. The van der Waals surface area contributed by atoms with E-state index in [1.165, 1.54) is 0 Å². The van der Waals surface area contributed by atoms with Crippen LogP contribution in [0.3, 0.4) is 0 Å². The number of nitrogens with zero attached hydrogens (tertiary/aromatic N) is 1. The Morgan fingerprint density at radius 2 is 1.65 bits per heavy atom. The average molecular weight is 241 g/mol. The van der Waals surface area contributed by atoms with E-state index in [-0.39, 0.29) is 11.6 Å². The van der Waals surface area contributed by atoms with Gasteiger partial charge in [0.15, 0.2) is 0 Å². The van der Waals surface area contributed by atoms with E-state index in [9.17, 15) is 5.11 Å². The third-order valence-corrected chi connectivity index (χ3v) is 4.08. The quantitative estimate of drug-likeness (QED) is 0.623. The SMILES string of the molecule is C=C(C)CCC(O)C(CC)(CC)N(CC)CC. The van der Waals surface area contributed by atoms with E-state index in [0.29, 0.717) is 0 Å². The molecule has 1 N–H and O–H groups in total. The van der Waals surface area contributed by atoms with Gasteiger partial charge in [0.2, 0.25) is 0 Å². The van der Waals surface area contributed by atoms with Gasteiger partial charge in [-0.1, -0.05) is 33.3 Å². The molecule has 0 saturated heterocycles. The number of hydrogen-bond donors (Lipinski definition) is 1. The number of rotatable bonds is 9. The Morgan fingerprint density at radius 1 is 1.18 bits per heavy atom. The summed E-state index contributed by atoms with van der Waals surface area (Å²) in [5, 5.41) is 10.6. The summed E-state index contributed by atoms with van der Waals surface area (Å²) in [4.78, 5) is 2.41. The first kappa shape index (κ1) is 16.7. The van der Waals surface area contributed by atoms with Crippen molar-refractivity contribution >= 4 is 0 Å². The van der Waals surface area contributed by atoms with Gasteiger partial charge < -0.3 is 5.11 Å². The summed E-state index contributed by atoms with van der Waals surface area (Å²) in [6, 6.07) is 0. The fourth-order valence-electron chi connectivity index (χ4n) is 2.88. The molecule has 2 heteroatoms. The Bertz CT molecular complexity index is 217. The smallest absolute Gasteiger partial charge is 0.0726 e. The first-order valence-corrected chi connectivity index (χ1v) is 7.05. The molecule has 0 spiro atoms. The molecule has 0 aromatic rings. The monoisotopic (exact) mass is 241 g/mol. The van der Waals surface area contributed by atoms with Crippen LogP contribution in [0.5, 0.6) is 0 Å². The molecule has 0 aliphatic rings. The molecule has 17 heavy (non-hydrogen) atoms. The molecule has 0 saturated carbocycles. The van der Waals surface area contributed by atoms with E-state index < -0.39 is 0 Å². The second kappa shape index (κ2) is 7.88.